The third-order valence-corrected chi connectivity index (χ3v) is 2.43. The van der Waals surface area contributed by atoms with E-state index >= 15 is 0 Å². The van der Waals surface area contributed by atoms with Crippen molar-refractivity contribution < 1.29 is 13.9 Å². The van der Waals surface area contributed by atoms with Gasteiger partial charge in [-0.25, -0.2) is 4.39 Å². The van der Waals surface area contributed by atoms with Crippen molar-refractivity contribution in [2.24, 2.45) is 0 Å². The Bertz CT molecular complexity index is 698. The number of hydrogen-bond acceptors (Lipinski definition) is 6. The topological polar surface area (TPSA) is 94.0 Å². The Morgan fingerprint density at radius 1 is 1.29 bits per heavy atom. The van der Waals surface area contributed by atoms with E-state index in [0.717, 1.165) is 6.07 Å². The quantitative estimate of drug-likeness (QED) is 0.929. The van der Waals surface area contributed by atoms with Crippen molar-refractivity contribution in [1.29, 1.82) is 5.26 Å². The number of hydrogen-bond donors (Lipinski definition) is 1. The summed E-state index contributed by atoms with van der Waals surface area (Å²) in [6.07, 6.45) is 1.09. The summed E-state index contributed by atoms with van der Waals surface area (Å²) in [7, 11) is 0. The normalized spacial score (nSPS) is 10.2. The summed E-state index contributed by atoms with van der Waals surface area (Å²) in [6.45, 7) is 3.64. The molecule has 0 radical (unpaired) electrons. The highest BCUT2D eigenvalue weighted by Gasteiger charge is 2.14. The molecule has 1 heterocycles. The molecule has 0 aliphatic carbocycles. The number of nitrogens with two attached hydrogens (primary N) is 1. The second kappa shape index (κ2) is 6.05. The number of halogens is 1. The third-order valence-electron chi connectivity index (χ3n) is 2.43. The van der Waals surface area contributed by atoms with E-state index in [9.17, 15) is 4.39 Å². The fraction of sp³-hybridized carbons (Fsp3) is 0.214. The SMILES string of the molecule is CC(C)Oc1ncnc(Oc2ccc(C#N)cc2F)c1N. The van der Waals surface area contributed by atoms with Crippen LogP contribution in [0.1, 0.15) is 19.4 Å². The van der Waals surface area contributed by atoms with Gasteiger partial charge in [0.15, 0.2) is 17.3 Å². The Hall–Kier alpha value is -2.88. The van der Waals surface area contributed by atoms with Gasteiger partial charge in [0, 0.05) is 0 Å². The Morgan fingerprint density at radius 3 is 2.62 bits per heavy atom. The molecule has 0 spiro atoms. The van der Waals surface area contributed by atoms with Crippen LogP contribution in [0.2, 0.25) is 0 Å². The van der Waals surface area contributed by atoms with Gasteiger partial charge in [0.25, 0.3) is 0 Å². The van der Waals surface area contributed by atoms with Gasteiger partial charge in [0.2, 0.25) is 11.8 Å². The Kier molecular flexibility index (Phi) is 4.18. The monoisotopic (exact) mass is 288 g/mol. The highest BCUT2D eigenvalue weighted by Crippen LogP contribution is 2.32. The van der Waals surface area contributed by atoms with Crippen LogP contribution in [0.5, 0.6) is 17.5 Å². The number of nitriles is 1. The van der Waals surface area contributed by atoms with E-state index in [1.807, 2.05) is 19.9 Å². The number of ether oxygens (including phenoxy) is 2. The number of benzene rings is 1. The van der Waals surface area contributed by atoms with Crippen molar-refractivity contribution in [2.75, 3.05) is 5.73 Å². The van der Waals surface area contributed by atoms with Gasteiger partial charge in [-0.2, -0.15) is 15.2 Å². The van der Waals surface area contributed by atoms with Crippen LogP contribution in [-0.2, 0) is 0 Å². The van der Waals surface area contributed by atoms with Gasteiger partial charge in [0.1, 0.15) is 6.33 Å². The second-order valence-electron chi connectivity index (χ2n) is 4.42. The van der Waals surface area contributed by atoms with Crippen molar-refractivity contribution >= 4 is 5.69 Å². The minimum Gasteiger partial charge on any atom is -0.473 e. The smallest absolute Gasteiger partial charge is 0.249 e. The van der Waals surface area contributed by atoms with E-state index in [4.69, 9.17) is 20.5 Å². The fourth-order valence-electron chi connectivity index (χ4n) is 1.52. The van der Waals surface area contributed by atoms with Gasteiger partial charge < -0.3 is 15.2 Å². The lowest BCUT2D eigenvalue weighted by Gasteiger charge is -2.13. The van der Waals surface area contributed by atoms with Crippen LogP contribution in [-0.4, -0.2) is 16.1 Å². The molecule has 108 valence electrons. The molecule has 0 fully saturated rings. The second-order valence-corrected chi connectivity index (χ2v) is 4.42. The van der Waals surface area contributed by atoms with Crippen LogP contribution >= 0.6 is 0 Å². The Morgan fingerprint density at radius 2 is 2.00 bits per heavy atom. The summed E-state index contributed by atoms with van der Waals surface area (Å²) in [5.74, 6) is -0.610. The van der Waals surface area contributed by atoms with E-state index in [2.05, 4.69) is 9.97 Å². The first kappa shape index (κ1) is 14.5. The standard InChI is InChI=1S/C14H13FN4O2/c1-8(2)20-13-12(17)14(19-7-18-13)21-11-4-3-9(6-16)5-10(11)15/h3-5,7-8H,17H2,1-2H3. The minimum absolute atomic E-state index is 0.00995. The molecule has 1 aromatic heterocycles. The molecule has 0 bridgehead atoms. The number of rotatable bonds is 4. The predicted molar refractivity (Wildman–Crippen MR) is 73.4 cm³/mol. The van der Waals surface area contributed by atoms with E-state index in [0.29, 0.717) is 0 Å². The van der Waals surface area contributed by atoms with Crippen molar-refractivity contribution in [3.8, 4) is 23.6 Å². The molecule has 0 aliphatic rings. The average molecular weight is 288 g/mol. The molecule has 2 aromatic rings. The summed E-state index contributed by atoms with van der Waals surface area (Å²) in [6, 6.07) is 5.67. The zero-order chi connectivity index (χ0) is 15.4. The highest BCUT2D eigenvalue weighted by molar-refractivity contribution is 5.57. The maximum Gasteiger partial charge on any atom is 0.249 e. The molecule has 0 unspecified atom stereocenters. The predicted octanol–water partition coefficient (Wildman–Crippen LogP) is 2.65. The number of aromatic nitrogens is 2. The van der Waals surface area contributed by atoms with Gasteiger partial charge in [-0.15, -0.1) is 0 Å². The molecule has 2 rings (SSSR count). The van der Waals surface area contributed by atoms with Crippen molar-refractivity contribution in [3.63, 3.8) is 0 Å². The zero-order valence-corrected chi connectivity index (χ0v) is 11.5. The molecular formula is C14H13FN4O2. The van der Waals surface area contributed by atoms with Crippen LogP contribution in [0, 0.1) is 17.1 Å². The first-order valence-corrected chi connectivity index (χ1v) is 6.16. The van der Waals surface area contributed by atoms with Crippen LogP contribution in [0.3, 0.4) is 0 Å². The minimum atomic E-state index is -0.682. The van der Waals surface area contributed by atoms with Crippen LogP contribution < -0.4 is 15.2 Å². The summed E-state index contributed by atoms with van der Waals surface area (Å²) in [4.78, 5) is 7.75. The van der Waals surface area contributed by atoms with Crippen molar-refractivity contribution in [1.82, 2.24) is 9.97 Å². The third kappa shape index (κ3) is 3.36. The molecule has 6 nitrogen and oxygen atoms in total. The van der Waals surface area contributed by atoms with Gasteiger partial charge in [-0.1, -0.05) is 0 Å². The van der Waals surface area contributed by atoms with Crippen molar-refractivity contribution in [2.45, 2.75) is 20.0 Å². The molecule has 2 N–H and O–H groups in total. The summed E-state index contributed by atoms with van der Waals surface area (Å²) in [5.41, 5.74) is 6.11. The molecular weight excluding hydrogens is 275 g/mol. The van der Waals surface area contributed by atoms with E-state index in [1.165, 1.54) is 18.5 Å². The largest absolute Gasteiger partial charge is 0.473 e. The molecule has 0 amide bonds. The van der Waals surface area contributed by atoms with E-state index in [1.54, 1.807) is 0 Å². The van der Waals surface area contributed by atoms with Gasteiger partial charge in [0.05, 0.1) is 17.7 Å². The molecule has 1 aromatic carbocycles. The zero-order valence-electron chi connectivity index (χ0n) is 11.5. The van der Waals surface area contributed by atoms with Gasteiger partial charge >= 0.3 is 0 Å². The van der Waals surface area contributed by atoms with Gasteiger partial charge in [-0.05, 0) is 32.0 Å². The first-order valence-electron chi connectivity index (χ1n) is 6.16. The van der Waals surface area contributed by atoms with Crippen molar-refractivity contribution in [3.05, 3.63) is 35.9 Å². The van der Waals surface area contributed by atoms with Crippen LogP contribution in [0.4, 0.5) is 10.1 Å². The van der Waals surface area contributed by atoms with E-state index < -0.39 is 5.82 Å². The Balaban J connectivity index is 2.30. The Labute approximate surface area is 121 Å². The molecule has 0 aliphatic heterocycles. The lowest BCUT2D eigenvalue weighted by Crippen LogP contribution is -2.10. The molecule has 7 heteroatoms. The molecule has 21 heavy (non-hydrogen) atoms. The summed E-state index contributed by atoms with van der Waals surface area (Å²) in [5, 5.41) is 8.69. The molecule has 0 atom stereocenters. The molecule has 0 saturated carbocycles. The lowest BCUT2D eigenvalue weighted by molar-refractivity contribution is 0.232. The summed E-state index contributed by atoms with van der Waals surface area (Å²) >= 11 is 0. The maximum atomic E-state index is 13.8. The molecule has 0 saturated heterocycles. The highest BCUT2D eigenvalue weighted by atomic mass is 19.1. The lowest BCUT2D eigenvalue weighted by atomic mass is 10.2. The summed E-state index contributed by atoms with van der Waals surface area (Å²) < 4.78 is 24.5. The van der Waals surface area contributed by atoms with Gasteiger partial charge in [-0.3, -0.25) is 0 Å². The van der Waals surface area contributed by atoms with E-state index in [-0.39, 0.29) is 34.9 Å². The van der Waals surface area contributed by atoms with Crippen LogP contribution in [0.15, 0.2) is 24.5 Å². The van der Waals surface area contributed by atoms with Crippen LogP contribution in [0.25, 0.3) is 0 Å². The first-order chi connectivity index (χ1) is 10.0. The number of nitrogen functional groups attached to an aromatic ring is 1. The fourth-order valence-corrected chi connectivity index (χ4v) is 1.52. The number of anilines is 1. The average Bonchev–Trinajstić information content (AvgIpc) is 2.44. The maximum absolute atomic E-state index is 13.8. The number of nitrogens with zero attached hydrogens (tertiary/aromatic N) is 3.